The highest BCUT2D eigenvalue weighted by atomic mass is 19.1. The Hall–Kier alpha value is -1.87. The van der Waals surface area contributed by atoms with E-state index in [1.807, 2.05) is 42.5 Å². The Morgan fingerprint density at radius 2 is 1.71 bits per heavy atom. The molecule has 0 radical (unpaired) electrons. The lowest BCUT2D eigenvalue weighted by Gasteiger charge is -2.09. The molecule has 0 saturated heterocycles. The summed E-state index contributed by atoms with van der Waals surface area (Å²) in [6.07, 6.45) is 0.939. The summed E-state index contributed by atoms with van der Waals surface area (Å²) in [7, 11) is 0. The molecular weight excluding hydrogens is 265 g/mol. The van der Waals surface area contributed by atoms with E-state index in [2.05, 4.69) is 5.32 Å². The van der Waals surface area contributed by atoms with Crippen LogP contribution in [0.4, 0.5) is 4.39 Å². The predicted octanol–water partition coefficient (Wildman–Crippen LogP) is 4.00. The molecule has 21 heavy (non-hydrogen) atoms. The molecule has 0 bridgehead atoms. The molecule has 3 heteroatoms. The van der Waals surface area contributed by atoms with Gasteiger partial charge in [0, 0.05) is 6.54 Å². The second-order valence-corrected chi connectivity index (χ2v) is 5.24. The van der Waals surface area contributed by atoms with Crippen LogP contribution in [0.3, 0.4) is 0 Å². The van der Waals surface area contributed by atoms with Crippen LogP contribution in [0.2, 0.25) is 0 Å². The van der Waals surface area contributed by atoms with E-state index >= 15 is 0 Å². The van der Waals surface area contributed by atoms with E-state index in [1.165, 1.54) is 0 Å². The molecule has 0 fully saturated rings. The lowest BCUT2D eigenvalue weighted by molar-refractivity contribution is 0.308. The van der Waals surface area contributed by atoms with Gasteiger partial charge in [0.05, 0.1) is 6.61 Å². The van der Waals surface area contributed by atoms with Crippen molar-refractivity contribution in [2.24, 2.45) is 0 Å². The van der Waals surface area contributed by atoms with Gasteiger partial charge in [-0.05, 0) is 55.6 Å². The number of halogens is 1. The first-order valence-electron chi connectivity index (χ1n) is 7.31. The Labute approximate surface area is 126 Å². The summed E-state index contributed by atoms with van der Waals surface area (Å²) in [6.45, 7) is 5.94. The minimum atomic E-state index is -0.102. The normalized spacial score (nSPS) is 10.6. The highest BCUT2D eigenvalue weighted by Gasteiger charge is 2.03. The van der Waals surface area contributed by atoms with Crippen molar-refractivity contribution in [3.05, 3.63) is 65.0 Å². The van der Waals surface area contributed by atoms with E-state index in [4.69, 9.17) is 4.74 Å². The van der Waals surface area contributed by atoms with Crippen LogP contribution in [0, 0.1) is 19.7 Å². The molecule has 1 N–H and O–H groups in total. The van der Waals surface area contributed by atoms with Gasteiger partial charge >= 0.3 is 0 Å². The molecule has 0 unspecified atom stereocenters. The summed E-state index contributed by atoms with van der Waals surface area (Å²) >= 11 is 0. The Morgan fingerprint density at radius 1 is 1.05 bits per heavy atom. The van der Waals surface area contributed by atoms with Crippen molar-refractivity contribution in [1.29, 1.82) is 0 Å². The van der Waals surface area contributed by atoms with Crippen LogP contribution in [0.15, 0.2) is 42.5 Å². The van der Waals surface area contributed by atoms with Gasteiger partial charge < -0.3 is 10.1 Å². The van der Waals surface area contributed by atoms with Crippen molar-refractivity contribution < 1.29 is 9.13 Å². The monoisotopic (exact) mass is 287 g/mol. The molecule has 0 amide bonds. The number of hydrogen-bond donors (Lipinski definition) is 1. The first-order chi connectivity index (χ1) is 10.2. The van der Waals surface area contributed by atoms with Gasteiger partial charge in [-0.3, -0.25) is 0 Å². The Morgan fingerprint density at radius 3 is 2.38 bits per heavy atom. The SMILES string of the molecule is Cc1cc(CNCCCOc2ccccc2)cc(C)c1F. The fraction of sp³-hybridized carbons (Fsp3) is 0.333. The maximum absolute atomic E-state index is 13.5. The van der Waals surface area contributed by atoms with Crippen LogP contribution >= 0.6 is 0 Å². The van der Waals surface area contributed by atoms with Gasteiger partial charge in [-0.15, -0.1) is 0 Å². The highest BCUT2D eigenvalue weighted by molar-refractivity contribution is 5.30. The van der Waals surface area contributed by atoms with Gasteiger partial charge in [-0.1, -0.05) is 30.3 Å². The van der Waals surface area contributed by atoms with Crippen LogP contribution in [-0.2, 0) is 6.54 Å². The van der Waals surface area contributed by atoms with Gasteiger partial charge in [0.1, 0.15) is 11.6 Å². The van der Waals surface area contributed by atoms with Crippen LogP contribution in [0.25, 0.3) is 0 Å². The minimum Gasteiger partial charge on any atom is -0.494 e. The fourth-order valence-electron chi connectivity index (χ4n) is 2.27. The summed E-state index contributed by atoms with van der Waals surface area (Å²) in [6, 6.07) is 13.6. The van der Waals surface area contributed by atoms with Crippen molar-refractivity contribution in [3.8, 4) is 5.75 Å². The van der Waals surface area contributed by atoms with Gasteiger partial charge in [-0.2, -0.15) is 0 Å². The molecule has 2 aromatic rings. The molecule has 0 aliphatic rings. The smallest absolute Gasteiger partial charge is 0.129 e. The van der Waals surface area contributed by atoms with Crippen LogP contribution in [-0.4, -0.2) is 13.2 Å². The number of benzene rings is 2. The average molecular weight is 287 g/mol. The molecule has 0 heterocycles. The van der Waals surface area contributed by atoms with Crippen molar-refractivity contribution in [1.82, 2.24) is 5.32 Å². The van der Waals surface area contributed by atoms with Crippen molar-refractivity contribution in [2.45, 2.75) is 26.8 Å². The lowest BCUT2D eigenvalue weighted by Crippen LogP contribution is -2.17. The van der Waals surface area contributed by atoms with E-state index in [-0.39, 0.29) is 5.82 Å². The minimum absolute atomic E-state index is 0.102. The molecule has 112 valence electrons. The summed E-state index contributed by atoms with van der Waals surface area (Å²) in [5, 5.41) is 3.36. The second-order valence-electron chi connectivity index (χ2n) is 5.24. The van der Waals surface area contributed by atoms with E-state index in [1.54, 1.807) is 13.8 Å². The van der Waals surface area contributed by atoms with E-state index in [0.29, 0.717) is 17.7 Å². The summed E-state index contributed by atoms with van der Waals surface area (Å²) < 4.78 is 19.1. The number of nitrogens with one attached hydrogen (secondary N) is 1. The Balaban J connectivity index is 1.66. The molecule has 0 aliphatic carbocycles. The third-order valence-electron chi connectivity index (χ3n) is 3.34. The second kappa shape index (κ2) is 7.79. The van der Waals surface area contributed by atoms with Crippen molar-refractivity contribution in [3.63, 3.8) is 0 Å². The Kier molecular flexibility index (Phi) is 5.76. The summed E-state index contributed by atoms with van der Waals surface area (Å²) in [4.78, 5) is 0. The molecule has 0 atom stereocenters. The molecule has 2 rings (SSSR count). The number of ether oxygens (including phenoxy) is 1. The first-order valence-corrected chi connectivity index (χ1v) is 7.31. The largest absolute Gasteiger partial charge is 0.494 e. The highest BCUT2D eigenvalue weighted by Crippen LogP contribution is 2.14. The van der Waals surface area contributed by atoms with Crippen molar-refractivity contribution >= 4 is 0 Å². The topological polar surface area (TPSA) is 21.3 Å². The van der Waals surface area contributed by atoms with Crippen LogP contribution in [0.1, 0.15) is 23.1 Å². The zero-order valence-electron chi connectivity index (χ0n) is 12.7. The Bertz CT molecular complexity index is 546. The number of aryl methyl sites for hydroxylation is 2. The van der Waals surface area contributed by atoms with Crippen LogP contribution in [0.5, 0.6) is 5.75 Å². The molecule has 0 aromatic heterocycles. The van der Waals surface area contributed by atoms with E-state index in [0.717, 1.165) is 30.8 Å². The van der Waals surface area contributed by atoms with Gasteiger partial charge in [0.25, 0.3) is 0 Å². The summed E-state index contributed by atoms with van der Waals surface area (Å²) in [5.41, 5.74) is 2.54. The third-order valence-corrected chi connectivity index (χ3v) is 3.34. The van der Waals surface area contributed by atoms with E-state index < -0.39 is 0 Å². The van der Waals surface area contributed by atoms with Crippen LogP contribution < -0.4 is 10.1 Å². The van der Waals surface area contributed by atoms with Gasteiger partial charge in [0.15, 0.2) is 0 Å². The zero-order chi connectivity index (χ0) is 15.1. The summed E-state index contributed by atoms with van der Waals surface area (Å²) in [5.74, 6) is 0.803. The molecule has 0 saturated carbocycles. The first kappa shape index (κ1) is 15.5. The number of rotatable bonds is 7. The molecule has 2 aromatic carbocycles. The standard InChI is InChI=1S/C18H22FNO/c1-14-11-16(12-15(2)18(14)19)13-20-9-6-10-21-17-7-4-3-5-8-17/h3-5,7-8,11-12,20H,6,9-10,13H2,1-2H3. The third kappa shape index (κ3) is 4.87. The fourth-order valence-corrected chi connectivity index (χ4v) is 2.27. The predicted molar refractivity (Wildman–Crippen MR) is 84.1 cm³/mol. The van der Waals surface area contributed by atoms with Crippen molar-refractivity contribution in [2.75, 3.05) is 13.2 Å². The van der Waals surface area contributed by atoms with Gasteiger partial charge in [0.2, 0.25) is 0 Å². The molecule has 0 aliphatic heterocycles. The quantitative estimate of drug-likeness (QED) is 0.777. The maximum Gasteiger partial charge on any atom is 0.129 e. The molecule has 2 nitrogen and oxygen atoms in total. The molecular formula is C18H22FNO. The number of hydrogen-bond acceptors (Lipinski definition) is 2. The average Bonchev–Trinajstić information content (AvgIpc) is 2.49. The zero-order valence-corrected chi connectivity index (χ0v) is 12.7. The van der Waals surface area contributed by atoms with E-state index in [9.17, 15) is 4.39 Å². The number of para-hydroxylation sites is 1. The maximum atomic E-state index is 13.5. The molecule has 0 spiro atoms. The van der Waals surface area contributed by atoms with Gasteiger partial charge in [-0.25, -0.2) is 4.39 Å². The lowest BCUT2D eigenvalue weighted by atomic mass is 10.1.